The first-order valence-electron chi connectivity index (χ1n) is 10.6. The summed E-state index contributed by atoms with van der Waals surface area (Å²) in [5, 5.41) is 3.60. The summed E-state index contributed by atoms with van der Waals surface area (Å²) in [4.78, 5) is 27.5. The molecule has 1 fully saturated rings. The van der Waals surface area contributed by atoms with Crippen molar-refractivity contribution in [2.24, 2.45) is 0 Å². The zero-order valence-electron chi connectivity index (χ0n) is 17.4. The summed E-state index contributed by atoms with van der Waals surface area (Å²) in [5.74, 6) is -0.205. The van der Waals surface area contributed by atoms with Crippen molar-refractivity contribution in [2.45, 2.75) is 32.5 Å². The zero-order chi connectivity index (χ0) is 21.6. The van der Waals surface area contributed by atoms with Gasteiger partial charge in [0.15, 0.2) is 0 Å². The number of hydrogen-bond donors (Lipinski definition) is 1. The molecule has 0 saturated carbocycles. The molecule has 1 amide bonds. The second kappa shape index (κ2) is 9.94. The van der Waals surface area contributed by atoms with E-state index in [1.165, 1.54) is 29.0 Å². The minimum atomic E-state index is -0.205. The standard InChI is InChI=1S/C25H26ClN3O2/c26-23-10-4-3-9-21(23)17-29-18-22(11-12-24(29)30)25(31)27-15-19-7-1-2-8-20(19)16-28-13-5-6-14-28/h1-4,7-12,18H,5-6,13-17H2,(H,27,31). The topological polar surface area (TPSA) is 54.3 Å². The number of likely N-dealkylation sites (tertiary alicyclic amines) is 1. The lowest BCUT2D eigenvalue weighted by atomic mass is 10.1. The van der Waals surface area contributed by atoms with Crippen LogP contribution in [0.4, 0.5) is 0 Å². The van der Waals surface area contributed by atoms with Crippen molar-refractivity contribution < 1.29 is 4.79 Å². The molecule has 160 valence electrons. The molecule has 0 spiro atoms. The maximum Gasteiger partial charge on any atom is 0.253 e. The Labute approximate surface area is 187 Å². The molecule has 5 nitrogen and oxygen atoms in total. The summed E-state index contributed by atoms with van der Waals surface area (Å²) in [6, 6.07) is 18.6. The first kappa shape index (κ1) is 21.3. The lowest BCUT2D eigenvalue weighted by molar-refractivity contribution is 0.0950. The molecule has 1 aliphatic heterocycles. The molecule has 0 unspecified atom stereocenters. The molecule has 0 aliphatic carbocycles. The molecule has 0 bridgehead atoms. The molecule has 2 aromatic carbocycles. The van der Waals surface area contributed by atoms with E-state index in [4.69, 9.17) is 11.6 Å². The first-order chi connectivity index (χ1) is 15.1. The van der Waals surface area contributed by atoms with Gasteiger partial charge in [0.25, 0.3) is 11.5 Å². The number of nitrogens with zero attached hydrogens (tertiary/aromatic N) is 2. The number of halogens is 1. The van der Waals surface area contributed by atoms with E-state index in [-0.39, 0.29) is 11.5 Å². The van der Waals surface area contributed by atoms with Gasteiger partial charge in [-0.05, 0) is 54.8 Å². The second-order valence-electron chi connectivity index (χ2n) is 7.91. The average molecular weight is 436 g/mol. The van der Waals surface area contributed by atoms with Gasteiger partial charge in [0.05, 0.1) is 12.1 Å². The molecule has 31 heavy (non-hydrogen) atoms. The van der Waals surface area contributed by atoms with Gasteiger partial charge in [0, 0.05) is 30.4 Å². The fourth-order valence-electron chi connectivity index (χ4n) is 3.94. The van der Waals surface area contributed by atoms with Gasteiger partial charge < -0.3 is 9.88 Å². The van der Waals surface area contributed by atoms with E-state index < -0.39 is 0 Å². The molecule has 1 aromatic heterocycles. The van der Waals surface area contributed by atoms with E-state index >= 15 is 0 Å². The van der Waals surface area contributed by atoms with E-state index in [2.05, 4.69) is 22.3 Å². The van der Waals surface area contributed by atoms with Crippen LogP contribution in [-0.2, 0) is 19.6 Å². The summed E-state index contributed by atoms with van der Waals surface area (Å²) in [6.45, 7) is 3.95. The quantitative estimate of drug-likeness (QED) is 0.608. The van der Waals surface area contributed by atoms with E-state index in [0.717, 1.165) is 30.8 Å². The van der Waals surface area contributed by atoms with Gasteiger partial charge in [0.2, 0.25) is 0 Å². The Morgan fingerprint density at radius 2 is 1.55 bits per heavy atom. The molecular weight excluding hydrogens is 410 g/mol. The number of benzene rings is 2. The molecule has 1 N–H and O–H groups in total. The molecule has 2 heterocycles. The highest BCUT2D eigenvalue weighted by Gasteiger charge is 2.14. The van der Waals surface area contributed by atoms with Crippen molar-refractivity contribution in [3.8, 4) is 0 Å². The zero-order valence-corrected chi connectivity index (χ0v) is 18.1. The van der Waals surface area contributed by atoms with E-state index in [1.54, 1.807) is 18.3 Å². The Morgan fingerprint density at radius 1 is 0.871 bits per heavy atom. The van der Waals surface area contributed by atoms with Crippen molar-refractivity contribution in [2.75, 3.05) is 13.1 Å². The van der Waals surface area contributed by atoms with Crippen molar-refractivity contribution >= 4 is 17.5 Å². The maximum atomic E-state index is 12.8. The van der Waals surface area contributed by atoms with Crippen molar-refractivity contribution in [3.05, 3.63) is 104 Å². The van der Waals surface area contributed by atoms with Gasteiger partial charge in [-0.2, -0.15) is 0 Å². The van der Waals surface area contributed by atoms with Crippen LogP contribution in [0.25, 0.3) is 0 Å². The summed E-state index contributed by atoms with van der Waals surface area (Å²) in [7, 11) is 0. The number of aromatic nitrogens is 1. The maximum absolute atomic E-state index is 12.8. The van der Waals surface area contributed by atoms with Crippen LogP contribution in [-0.4, -0.2) is 28.5 Å². The Bertz CT molecular complexity index is 1120. The number of amides is 1. The summed E-state index contributed by atoms with van der Waals surface area (Å²) in [6.07, 6.45) is 4.10. The highest BCUT2D eigenvalue weighted by Crippen LogP contribution is 2.17. The molecule has 1 saturated heterocycles. The van der Waals surface area contributed by atoms with Crippen molar-refractivity contribution in [1.29, 1.82) is 0 Å². The summed E-state index contributed by atoms with van der Waals surface area (Å²) in [5.41, 5.74) is 3.47. The minimum Gasteiger partial charge on any atom is -0.348 e. The number of nitrogens with one attached hydrogen (secondary N) is 1. The predicted molar refractivity (Wildman–Crippen MR) is 123 cm³/mol. The molecular formula is C25H26ClN3O2. The normalized spacial score (nSPS) is 14.0. The monoisotopic (exact) mass is 435 g/mol. The van der Waals surface area contributed by atoms with Crippen LogP contribution in [0.3, 0.4) is 0 Å². The minimum absolute atomic E-state index is 0.174. The first-order valence-corrected chi connectivity index (χ1v) is 11.0. The summed E-state index contributed by atoms with van der Waals surface area (Å²) < 4.78 is 1.51. The van der Waals surface area contributed by atoms with Gasteiger partial charge >= 0.3 is 0 Å². The van der Waals surface area contributed by atoms with Crippen LogP contribution >= 0.6 is 11.6 Å². The van der Waals surface area contributed by atoms with Crippen LogP contribution in [0.5, 0.6) is 0 Å². The van der Waals surface area contributed by atoms with E-state index in [0.29, 0.717) is 23.7 Å². The Balaban J connectivity index is 1.45. The fraction of sp³-hybridized carbons (Fsp3) is 0.280. The molecule has 1 aliphatic rings. The van der Waals surface area contributed by atoms with Crippen LogP contribution in [0.1, 0.15) is 39.9 Å². The molecule has 0 radical (unpaired) electrons. The van der Waals surface area contributed by atoms with Crippen LogP contribution in [0, 0.1) is 0 Å². The van der Waals surface area contributed by atoms with Gasteiger partial charge in [-0.15, -0.1) is 0 Å². The third kappa shape index (κ3) is 5.43. The van der Waals surface area contributed by atoms with E-state index in [1.807, 2.05) is 30.3 Å². The van der Waals surface area contributed by atoms with E-state index in [9.17, 15) is 9.59 Å². The number of pyridine rings is 1. The molecule has 0 atom stereocenters. The van der Waals surface area contributed by atoms with Gasteiger partial charge in [0.1, 0.15) is 0 Å². The number of hydrogen-bond acceptors (Lipinski definition) is 3. The number of rotatable bonds is 7. The van der Waals surface area contributed by atoms with Crippen molar-refractivity contribution in [3.63, 3.8) is 0 Å². The Hall–Kier alpha value is -2.89. The predicted octanol–water partition coefficient (Wildman–Crippen LogP) is 4.08. The van der Waals surface area contributed by atoms with Gasteiger partial charge in [-0.25, -0.2) is 0 Å². The highest BCUT2D eigenvalue weighted by molar-refractivity contribution is 6.31. The number of carbonyl (C=O) groups is 1. The number of carbonyl (C=O) groups excluding carboxylic acids is 1. The Kier molecular flexibility index (Phi) is 6.85. The van der Waals surface area contributed by atoms with Gasteiger partial charge in [-0.1, -0.05) is 54.1 Å². The highest BCUT2D eigenvalue weighted by atomic mass is 35.5. The largest absolute Gasteiger partial charge is 0.348 e. The lowest BCUT2D eigenvalue weighted by Crippen LogP contribution is -2.27. The van der Waals surface area contributed by atoms with Crippen molar-refractivity contribution in [1.82, 2.24) is 14.8 Å². The SMILES string of the molecule is O=C(NCc1ccccc1CN1CCCC1)c1ccc(=O)n(Cc2ccccc2Cl)c1. The summed E-state index contributed by atoms with van der Waals surface area (Å²) >= 11 is 6.22. The lowest BCUT2D eigenvalue weighted by Gasteiger charge is -2.18. The fourth-order valence-corrected chi connectivity index (χ4v) is 4.14. The molecule has 6 heteroatoms. The molecule has 4 rings (SSSR count). The van der Waals surface area contributed by atoms with Crippen LogP contribution in [0.15, 0.2) is 71.7 Å². The van der Waals surface area contributed by atoms with Crippen LogP contribution in [0.2, 0.25) is 5.02 Å². The smallest absolute Gasteiger partial charge is 0.253 e. The third-order valence-electron chi connectivity index (χ3n) is 5.69. The third-order valence-corrected chi connectivity index (χ3v) is 6.06. The van der Waals surface area contributed by atoms with Crippen LogP contribution < -0.4 is 10.9 Å². The average Bonchev–Trinajstić information content (AvgIpc) is 3.29. The second-order valence-corrected chi connectivity index (χ2v) is 8.32. The van der Waals surface area contributed by atoms with Gasteiger partial charge in [-0.3, -0.25) is 14.5 Å². The Morgan fingerprint density at radius 3 is 2.29 bits per heavy atom. The molecule has 3 aromatic rings.